The molecule has 0 heterocycles. The average Bonchev–Trinajstić information content (AvgIpc) is 1.85. The Morgan fingerprint density at radius 2 is 1.83 bits per heavy atom. The molecule has 0 aliphatic rings. The number of carbonyl (C=O) groups excluding carboxylic acids is 2. The van der Waals surface area contributed by atoms with Gasteiger partial charge in [-0.3, -0.25) is 9.59 Å². The SMILES string of the molecule is CCN(C(C)=O)C(C)CC(C)=O. The summed E-state index contributed by atoms with van der Waals surface area (Å²) in [5, 5.41) is 0. The van der Waals surface area contributed by atoms with Crippen LogP contribution in [0.25, 0.3) is 0 Å². The Morgan fingerprint density at radius 1 is 1.33 bits per heavy atom. The summed E-state index contributed by atoms with van der Waals surface area (Å²) >= 11 is 0. The van der Waals surface area contributed by atoms with E-state index in [1.807, 2.05) is 13.8 Å². The Balaban J connectivity index is 4.11. The molecule has 0 N–H and O–H groups in total. The molecule has 0 radical (unpaired) electrons. The molecule has 12 heavy (non-hydrogen) atoms. The van der Waals surface area contributed by atoms with Gasteiger partial charge in [0, 0.05) is 25.9 Å². The molecule has 0 saturated heterocycles. The number of nitrogens with zero attached hydrogens (tertiary/aromatic N) is 1. The van der Waals surface area contributed by atoms with Crippen molar-refractivity contribution >= 4 is 11.7 Å². The monoisotopic (exact) mass is 171 g/mol. The van der Waals surface area contributed by atoms with Crippen LogP contribution in [0.2, 0.25) is 0 Å². The number of hydrogen-bond acceptors (Lipinski definition) is 2. The maximum absolute atomic E-state index is 11.0. The minimum Gasteiger partial charge on any atom is -0.340 e. The van der Waals surface area contributed by atoms with E-state index in [0.717, 1.165) is 0 Å². The van der Waals surface area contributed by atoms with Crippen LogP contribution in [0.15, 0.2) is 0 Å². The van der Waals surface area contributed by atoms with Crippen molar-refractivity contribution in [2.45, 2.75) is 40.2 Å². The molecule has 0 aromatic rings. The summed E-state index contributed by atoms with van der Waals surface area (Å²) < 4.78 is 0. The van der Waals surface area contributed by atoms with E-state index in [1.165, 1.54) is 6.92 Å². The van der Waals surface area contributed by atoms with Gasteiger partial charge in [-0.15, -0.1) is 0 Å². The molecule has 1 unspecified atom stereocenters. The third-order valence-corrected chi connectivity index (χ3v) is 1.86. The van der Waals surface area contributed by atoms with Gasteiger partial charge in [-0.05, 0) is 20.8 Å². The Labute approximate surface area is 73.7 Å². The third kappa shape index (κ3) is 3.51. The summed E-state index contributed by atoms with van der Waals surface area (Å²) in [6, 6.07) is 0.0324. The van der Waals surface area contributed by atoms with Crippen LogP contribution in [0.1, 0.15) is 34.1 Å². The van der Waals surface area contributed by atoms with E-state index >= 15 is 0 Å². The normalized spacial score (nSPS) is 12.3. The van der Waals surface area contributed by atoms with Crippen LogP contribution < -0.4 is 0 Å². The maximum Gasteiger partial charge on any atom is 0.219 e. The number of hydrogen-bond donors (Lipinski definition) is 0. The molecular weight excluding hydrogens is 154 g/mol. The van der Waals surface area contributed by atoms with Crippen molar-refractivity contribution in [2.75, 3.05) is 6.54 Å². The number of rotatable bonds is 4. The van der Waals surface area contributed by atoms with Gasteiger partial charge in [0.15, 0.2) is 0 Å². The number of Topliss-reactive ketones (excluding diaryl/α,β-unsaturated/α-hetero) is 1. The van der Waals surface area contributed by atoms with Crippen LogP contribution in [0, 0.1) is 0 Å². The van der Waals surface area contributed by atoms with E-state index in [0.29, 0.717) is 13.0 Å². The first kappa shape index (κ1) is 11.1. The molecule has 3 nitrogen and oxygen atoms in total. The highest BCUT2D eigenvalue weighted by Gasteiger charge is 2.15. The Hall–Kier alpha value is -0.860. The van der Waals surface area contributed by atoms with Crippen LogP contribution in [-0.2, 0) is 9.59 Å². The third-order valence-electron chi connectivity index (χ3n) is 1.86. The standard InChI is InChI=1S/C9H17NO2/c1-5-10(9(4)12)7(2)6-8(3)11/h7H,5-6H2,1-4H3. The predicted molar refractivity (Wildman–Crippen MR) is 47.8 cm³/mol. The molecular formula is C9H17NO2. The lowest BCUT2D eigenvalue weighted by Gasteiger charge is -2.25. The zero-order chi connectivity index (χ0) is 9.72. The van der Waals surface area contributed by atoms with Gasteiger partial charge in [0.1, 0.15) is 5.78 Å². The van der Waals surface area contributed by atoms with Crippen LogP contribution in [-0.4, -0.2) is 29.2 Å². The average molecular weight is 171 g/mol. The molecule has 1 atom stereocenters. The first-order chi connectivity index (χ1) is 5.49. The lowest BCUT2D eigenvalue weighted by Crippen LogP contribution is -2.37. The Kier molecular flexibility index (Phi) is 4.55. The molecule has 0 bridgehead atoms. The summed E-state index contributed by atoms with van der Waals surface area (Å²) in [5.41, 5.74) is 0. The van der Waals surface area contributed by atoms with Gasteiger partial charge in [-0.25, -0.2) is 0 Å². The van der Waals surface area contributed by atoms with Gasteiger partial charge in [0.25, 0.3) is 0 Å². The predicted octanol–water partition coefficient (Wildman–Crippen LogP) is 1.22. The van der Waals surface area contributed by atoms with Crippen molar-refractivity contribution in [3.05, 3.63) is 0 Å². The molecule has 1 amide bonds. The molecule has 0 aromatic heterocycles. The van der Waals surface area contributed by atoms with Gasteiger partial charge < -0.3 is 4.90 Å². The van der Waals surface area contributed by atoms with Gasteiger partial charge in [0.2, 0.25) is 5.91 Å². The summed E-state index contributed by atoms with van der Waals surface area (Å²) in [6.07, 6.45) is 0.452. The largest absolute Gasteiger partial charge is 0.340 e. The number of amides is 1. The summed E-state index contributed by atoms with van der Waals surface area (Å²) in [7, 11) is 0. The van der Waals surface area contributed by atoms with Crippen LogP contribution in [0.5, 0.6) is 0 Å². The molecule has 70 valence electrons. The minimum atomic E-state index is 0.0324. The second kappa shape index (κ2) is 4.91. The highest BCUT2D eigenvalue weighted by Crippen LogP contribution is 2.04. The van der Waals surface area contributed by atoms with Gasteiger partial charge in [-0.1, -0.05) is 0 Å². The fourth-order valence-corrected chi connectivity index (χ4v) is 1.37. The van der Waals surface area contributed by atoms with Crippen LogP contribution in [0.4, 0.5) is 0 Å². The van der Waals surface area contributed by atoms with Gasteiger partial charge >= 0.3 is 0 Å². The molecule has 0 aliphatic heterocycles. The van der Waals surface area contributed by atoms with E-state index in [2.05, 4.69) is 0 Å². The molecule has 0 spiro atoms. The van der Waals surface area contributed by atoms with E-state index in [9.17, 15) is 9.59 Å². The smallest absolute Gasteiger partial charge is 0.219 e. The molecule has 3 heteroatoms. The van der Waals surface area contributed by atoms with Crippen molar-refractivity contribution < 1.29 is 9.59 Å². The van der Waals surface area contributed by atoms with E-state index in [-0.39, 0.29) is 17.7 Å². The minimum absolute atomic E-state index is 0.0324. The Morgan fingerprint density at radius 3 is 2.08 bits per heavy atom. The molecule has 0 fully saturated rings. The number of carbonyl (C=O) groups is 2. The van der Waals surface area contributed by atoms with Crippen molar-refractivity contribution in [1.82, 2.24) is 4.90 Å². The first-order valence-corrected chi connectivity index (χ1v) is 4.25. The molecule has 0 aromatic carbocycles. The van der Waals surface area contributed by atoms with Crippen LogP contribution >= 0.6 is 0 Å². The fourth-order valence-electron chi connectivity index (χ4n) is 1.37. The van der Waals surface area contributed by atoms with E-state index < -0.39 is 0 Å². The summed E-state index contributed by atoms with van der Waals surface area (Å²) in [4.78, 5) is 23.5. The lowest BCUT2D eigenvalue weighted by molar-refractivity contribution is -0.131. The summed E-state index contributed by atoms with van der Waals surface area (Å²) in [5.74, 6) is 0.161. The first-order valence-electron chi connectivity index (χ1n) is 4.25. The quantitative estimate of drug-likeness (QED) is 0.637. The molecule has 0 aliphatic carbocycles. The fraction of sp³-hybridized carbons (Fsp3) is 0.778. The zero-order valence-electron chi connectivity index (χ0n) is 8.26. The van der Waals surface area contributed by atoms with Crippen molar-refractivity contribution in [3.63, 3.8) is 0 Å². The number of ketones is 1. The van der Waals surface area contributed by atoms with Gasteiger partial charge in [0.05, 0.1) is 0 Å². The molecule has 0 saturated carbocycles. The lowest BCUT2D eigenvalue weighted by atomic mass is 10.1. The molecule has 0 rings (SSSR count). The van der Waals surface area contributed by atoms with Crippen molar-refractivity contribution in [1.29, 1.82) is 0 Å². The second-order valence-electron chi connectivity index (χ2n) is 3.06. The highest BCUT2D eigenvalue weighted by atomic mass is 16.2. The van der Waals surface area contributed by atoms with E-state index in [4.69, 9.17) is 0 Å². The van der Waals surface area contributed by atoms with Crippen LogP contribution in [0.3, 0.4) is 0 Å². The van der Waals surface area contributed by atoms with E-state index in [1.54, 1.807) is 11.8 Å². The highest BCUT2D eigenvalue weighted by molar-refractivity contribution is 5.78. The second-order valence-corrected chi connectivity index (χ2v) is 3.06. The zero-order valence-corrected chi connectivity index (χ0v) is 8.26. The van der Waals surface area contributed by atoms with Gasteiger partial charge in [-0.2, -0.15) is 0 Å². The maximum atomic E-state index is 11.0. The topological polar surface area (TPSA) is 37.4 Å². The Bertz CT molecular complexity index is 177. The van der Waals surface area contributed by atoms with Crippen molar-refractivity contribution in [2.24, 2.45) is 0 Å². The summed E-state index contributed by atoms with van der Waals surface area (Å²) in [6.45, 7) is 7.55. The van der Waals surface area contributed by atoms with Crippen molar-refractivity contribution in [3.8, 4) is 0 Å².